The van der Waals surface area contributed by atoms with E-state index in [1.165, 1.54) is 0 Å². The minimum Gasteiger partial charge on any atom is -0.382 e. The van der Waals surface area contributed by atoms with E-state index in [-0.39, 0.29) is 6.10 Å². The first kappa shape index (κ1) is 16.8. The van der Waals surface area contributed by atoms with Crippen molar-refractivity contribution in [2.75, 3.05) is 46.8 Å². The maximum absolute atomic E-state index is 5.73. The highest BCUT2D eigenvalue weighted by Crippen LogP contribution is 2.02. The summed E-state index contributed by atoms with van der Waals surface area (Å²) in [6, 6.07) is 0. The summed E-state index contributed by atoms with van der Waals surface area (Å²) >= 11 is 0. The zero-order chi connectivity index (χ0) is 12.8. The van der Waals surface area contributed by atoms with E-state index in [2.05, 4.69) is 13.8 Å². The van der Waals surface area contributed by atoms with Crippen LogP contribution in [0.25, 0.3) is 0 Å². The maximum atomic E-state index is 5.73. The van der Waals surface area contributed by atoms with Gasteiger partial charge in [0, 0.05) is 26.9 Å². The van der Waals surface area contributed by atoms with Gasteiger partial charge in [0.1, 0.15) is 0 Å². The number of rotatable bonds is 13. The van der Waals surface area contributed by atoms with Crippen LogP contribution in [-0.4, -0.2) is 52.9 Å². The lowest BCUT2D eigenvalue weighted by atomic mass is 10.2. The molecular weight excluding hydrogens is 220 g/mol. The van der Waals surface area contributed by atoms with E-state index in [1.54, 1.807) is 7.11 Å². The second-order valence-electron chi connectivity index (χ2n) is 3.82. The summed E-state index contributed by atoms with van der Waals surface area (Å²) in [5.41, 5.74) is 0. The Morgan fingerprint density at radius 1 is 1.06 bits per heavy atom. The number of hydrogen-bond acceptors (Lipinski definition) is 4. The van der Waals surface area contributed by atoms with Crippen LogP contribution in [-0.2, 0) is 18.9 Å². The molecule has 0 aromatic carbocycles. The van der Waals surface area contributed by atoms with Crippen LogP contribution in [0.15, 0.2) is 0 Å². The molecule has 0 fully saturated rings. The molecule has 0 saturated carbocycles. The fourth-order valence-corrected chi connectivity index (χ4v) is 1.28. The third kappa shape index (κ3) is 12.1. The fourth-order valence-electron chi connectivity index (χ4n) is 1.28. The zero-order valence-corrected chi connectivity index (χ0v) is 11.3. The summed E-state index contributed by atoms with van der Waals surface area (Å²) < 4.78 is 21.3. The van der Waals surface area contributed by atoms with Gasteiger partial charge in [-0.05, 0) is 19.8 Å². The van der Waals surface area contributed by atoms with E-state index in [4.69, 9.17) is 18.9 Å². The molecule has 0 aliphatic carbocycles. The molecule has 0 aliphatic rings. The van der Waals surface area contributed by atoms with E-state index in [1.807, 2.05) is 0 Å². The van der Waals surface area contributed by atoms with Gasteiger partial charge in [-0.3, -0.25) is 0 Å². The van der Waals surface area contributed by atoms with Crippen LogP contribution in [0.2, 0.25) is 0 Å². The lowest BCUT2D eigenvalue weighted by Gasteiger charge is -2.17. The smallest absolute Gasteiger partial charge is 0.0830 e. The first-order chi connectivity index (χ1) is 8.35. The molecule has 4 nitrogen and oxygen atoms in total. The quantitative estimate of drug-likeness (QED) is 0.467. The number of methoxy groups -OCH3 is 1. The number of ether oxygens (including phenoxy) is 4. The summed E-state index contributed by atoms with van der Waals surface area (Å²) in [6.45, 7) is 9.62. The predicted octanol–water partition coefficient (Wildman–Crippen LogP) is 2.08. The van der Waals surface area contributed by atoms with Crippen molar-refractivity contribution in [1.29, 1.82) is 0 Å². The van der Waals surface area contributed by atoms with Crippen molar-refractivity contribution in [3.8, 4) is 0 Å². The Morgan fingerprint density at radius 3 is 2.53 bits per heavy atom. The monoisotopic (exact) mass is 247 g/mol. The van der Waals surface area contributed by atoms with E-state index in [0.717, 1.165) is 25.9 Å². The van der Waals surface area contributed by atoms with Gasteiger partial charge >= 0.3 is 0 Å². The molecule has 17 heavy (non-hydrogen) atoms. The van der Waals surface area contributed by atoms with Crippen LogP contribution in [0.3, 0.4) is 0 Å². The molecule has 1 radical (unpaired) electrons. The molecule has 0 heterocycles. The fraction of sp³-hybridized carbons (Fsp3) is 0.923. The lowest BCUT2D eigenvalue weighted by Crippen LogP contribution is -2.23. The van der Waals surface area contributed by atoms with Gasteiger partial charge in [0.2, 0.25) is 0 Å². The second-order valence-corrected chi connectivity index (χ2v) is 3.82. The Kier molecular flexibility index (Phi) is 13.8. The maximum Gasteiger partial charge on any atom is 0.0830 e. The largest absolute Gasteiger partial charge is 0.382 e. The van der Waals surface area contributed by atoms with Gasteiger partial charge in [-0.15, -0.1) is 0 Å². The Balaban J connectivity index is 3.53. The SMILES string of the molecule is [CH2]COCC(CCOCCOC)OCCCC. The normalized spacial score (nSPS) is 12.9. The predicted molar refractivity (Wildman–Crippen MR) is 68.1 cm³/mol. The summed E-state index contributed by atoms with van der Waals surface area (Å²) in [7, 11) is 1.67. The molecule has 103 valence electrons. The van der Waals surface area contributed by atoms with Gasteiger partial charge in [-0.25, -0.2) is 0 Å². The average molecular weight is 247 g/mol. The number of hydrogen-bond donors (Lipinski definition) is 0. The molecule has 0 aromatic rings. The summed E-state index contributed by atoms with van der Waals surface area (Å²) in [6.07, 6.45) is 3.21. The topological polar surface area (TPSA) is 36.9 Å². The van der Waals surface area contributed by atoms with Crippen molar-refractivity contribution in [2.45, 2.75) is 32.3 Å². The summed E-state index contributed by atoms with van der Waals surface area (Å²) in [5, 5.41) is 0. The number of unbranched alkanes of at least 4 members (excludes halogenated alkanes) is 1. The Bertz CT molecular complexity index is 141. The van der Waals surface area contributed by atoms with E-state index >= 15 is 0 Å². The molecular formula is C13H27O4. The minimum absolute atomic E-state index is 0.117. The molecule has 0 bridgehead atoms. The van der Waals surface area contributed by atoms with Gasteiger partial charge in [-0.2, -0.15) is 0 Å². The van der Waals surface area contributed by atoms with Crippen LogP contribution in [0.5, 0.6) is 0 Å². The molecule has 1 atom stereocenters. The van der Waals surface area contributed by atoms with Crippen molar-refractivity contribution in [3.05, 3.63) is 6.92 Å². The van der Waals surface area contributed by atoms with Crippen molar-refractivity contribution in [3.63, 3.8) is 0 Å². The molecule has 0 saturated heterocycles. The molecule has 0 aromatic heterocycles. The zero-order valence-electron chi connectivity index (χ0n) is 11.3. The van der Waals surface area contributed by atoms with E-state index in [0.29, 0.717) is 33.0 Å². The summed E-state index contributed by atoms with van der Waals surface area (Å²) in [4.78, 5) is 0. The first-order valence-corrected chi connectivity index (χ1v) is 6.40. The third-order valence-electron chi connectivity index (χ3n) is 2.32. The van der Waals surface area contributed by atoms with Gasteiger partial charge < -0.3 is 18.9 Å². The molecule has 0 spiro atoms. The lowest BCUT2D eigenvalue weighted by molar-refractivity contribution is -0.0321. The first-order valence-electron chi connectivity index (χ1n) is 6.40. The van der Waals surface area contributed by atoms with Gasteiger partial charge in [0.25, 0.3) is 0 Å². The highest BCUT2D eigenvalue weighted by molar-refractivity contribution is 4.57. The second kappa shape index (κ2) is 13.9. The van der Waals surface area contributed by atoms with Crippen LogP contribution < -0.4 is 0 Å². The average Bonchev–Trinajstić information content (AvgIpc) is 2.35. The molecule has 0 N–H and O–H groups in total. The van der Waals surface area contributed by atoms with Crippen molar-refractivity contribution in [2.24, 2.45) is 0 Å². The standard InChI is InChI=1S/C13H27O4/c1-4-6-8-17-13(12-15-5-2)7-9-16-11-10-14-3/h13H,2,4-12H2,1,3H3. The van der Waals surface area contributed by atoms with Crippen LogP contribution in [0.4, 0.5) is 0 Å². The molecule has 0 amide bonds. The van der Waals surface area contributed by atoms with Crippen molar-refractivity contribution < 1.29 is 18.9 Å². The highest BCUT2D eigenvalue weighted by atomic mass is 16.5. The van der Waals surface area contributed by atoms with Crippen molar-refractivity contribution in [1.82, 2.24) is 0 Å². The molecule has 4 heteroatoms. The Morgan fingerprint density at radius 2 is 1.88 bits per heavy atom. The van der Waals surface area contributed by atoms with Crippen molar-refractivity contribution >= 4 is 0 Å². The summed E-state index contributed by atoms with van der Waals surface area (Å²) in [5.74, 6) is 0. The minimum atomic E-state index is 0.117. The van der Waals surface area contributed by atoms with Crippen LogP contribution >= 0.6 is 0 Å². The van der Waals surface area contributed by atoms with Gasteiger partial charge in [-0.1, -0.05) is 13.3 Å². The van der Waals surface area contributed by atoms with Crippen LogP contribution in [0.1, 0.15) is 26.2 Å². The molecule has 1 unspecified atom stereocenters. The third-order valence-corrected chi connectivity index (χ3v) is 2.32. The van der Waals surface area contributed by atoms with E-state index in [9.17, 15) is 0 Å². The van der Waals surface area contributed by atoms with E-state index < -0.39 is 0 Å². The Hall–Kier alpha value is -0.160. The van der Waals surface area contributed by atoms with Gasteiger partial charge in [0.15, 0.2) is 0 Å². The Labute approximate surface area is 106 Å². The molecule has 0 rings (SSSR count). The molecule has 0 aliphatic heterocycles. The highest BCUT2D eigenvalue weighted by Gasteiger charge is 2.08. The van der Waals surface area contributed by atoms with Crippen LogP contribution in [0, 0.1) is 6.92 Å². The van der Waals surface area contributed by atoms with Gasteiger partial charge in [0.05, 0.1) is 25.9 Å².